The number of fused-ring (bicyclic) bond motifs is 1. The van der Waals surface area contributed by atoms with Crippen LogP contribution >= 0.6 is 0 Å². The number of benzene rings is 1. The highest BCUT2D eigenvalue weighted by atomic mass is 16.5. The minimum Gasteiger partial charge on any atom is -0.493 e. The first-order valence-corrected chi connectivity index (χ1v) is 5.07. The van der Waals surface area contributed by atoms with Gasteiger partial charge in [-0.15, -0.1) is 5.16 Å². The van der Waals surface area contributed by atoms with E-state index in [1.54, 1.807) is 6.07 Å². The molecule has 3 nitrogen and oxygen atoms in total. The molecule has 2 aliphatic rings. The highest BCUT2D eigenvalue weighted by Crippen LogP contribution is 2.49. The molecule has 1 aliphatic carbocycles. The zero-order valence-electron chi connectivity index (χ0n) is 10.2. The lowest BCUT2D eigenvalue weighted by atomic mass is 10.0. The summed E-state index contributed by atoms with van der Waals surface area (Å²) in [5.41, 5.74) is 1.67. The lowest BCUT2D eigenvalue weighted by Gasteiger charge is -2.04. The lowest BCUT2D eigenvalue weighted by molar-refractivity contribution is 0.320. The van der Waals surface area contributed by atoms with Crippen molar-refractivity contribution >= 4 is 6.21 Å². The Morgan fingerprint density at radius 2 is 2.53 bits per heavy atom. The second-order valence-electron chi connectivity index (χ2n) is 3.96. The first kappa shape index (κ1) is 6.88. The minimum absolute atomic E-state index is 0.0881. The van der Waals surface area contributed by atoms with Crippen LogP contribution < -0.4 is 4.74 Å². The van der Waals surface area contributed by atoms with E-state index in [9.17, 15) is 0 Å². The molecule has 0 radical (unpaired) electrons. The topological polar surface area (TPSA) is 41.8 Å². The third kappa shape index (κ3) is 1.39. The molecule has 1 saturated carbocycles. The Labute approximate surface area is 91.2 Å². The van der Waals surface area contributed by atoms with Crippen LogP contribution in [0.2, 0.25) is 0 Å². The number of nitrogens with zero attached hydrogens (tertiary/aromatic N) is 1. The fourth-order valence-corrected chi connectivity index (χ4v) is 2.18. The van der Waals surface area contributed by atoms with Crippen molar-refractivity contribution < 1.29 is 12.7 Å². The van der Waals surface area contributed by atoms with E-state index in [0.717, 1.165) is 12.0 Å². The van der Waals surface area contributed by atoms with Gasteiger partial charge in [0.15, 0.2) is 0 Å². The van der Waals surface area contributed by atoms with Gasteiger partial charge >= 0.3 is 0 Å². The summed E-state index contributed by atoms with van der Waals surface area (Å²) in [7, 11) is 0. The van der Waals surface area contributed by atoms with Crippen LogP contribution in [0.3, 0.4) is 0 Å². The number of hydrogen-bond acceptors (Lipinski definition) is 3. The van der Waals surface area contributed by atoms with E-state index in [1.165, 1.54) is 6.21 Å². The van der Waals surface area contributed by atoms with E-state index < -0.39 is 6.37 Å². The molecule has 2 atom stereocenters. The third-order valence-corrected chi connectivity index (χ3v) is 3.03. The molecule has 1 aromatic carbocycles. The summed E-state index contributed by atoms with van der Waals surface area (Å²) >= 11 is 0. The van der Waals surface area contributed by atoms with Gasteiger partial charge in [-0.25, -0.2) is 0 Å². The SMILES string of the molecule is [2H]C1([2H])COc2cccc([C@@H]3C[C@H]3/C=N\O)c21. The molecule has 0 bridgehead atoms. The molecular formula is C12H13NO2. The summed E-state index contributed by atoms with van der Waals surface area (Å²) in [6.07, 6.45) is 1.03. The van der Waals surface area contributed by atoms with Gasteiger partial charge in [-0.3, -0.25) is 0 Å². The van der Waals surface area contributed by atoms with Crippen LogP contribution in [-0.4, -0.2) is 18.0 Å². The highest BCUT2D eigenvalue weighted by Gasteiger charge is 2.39. The molecule has 0 spiro atoms. The maximum Gasteiger partial charge on any atom is 0.122 e. The molecule has 3 rings (SSSR count). The van der Waals surface area contributed by atoms with Crippen LogP contribution in [0, 0.1) is 5.92 Å². The maximum atomic E-state index is 8.51. The van der Waals surface area contributed by atoms with Gasteiger partial charge < -0.3 is 9.94 Å². The fourth-order valence-electron chi connectivity index (χ4n) is 2.18. The summed E-state index contributed by atoms with van der Waals surface area (Å²) in [5.74, 6) is 1.14. The molecule has 1 aliphatic heterocycles. The molecule has 1 N–H and O–H groups in total. The molecule has 1 fully saturated rings. The van der Waals surface area contributed by atoms with Crippen molar-refractivity contribution in [1.82, 2.24) is 0 Å². The van der Waals surface area contributed by atoms with E-state index in [-0.39, 0.29) is 18.4 Å². The van der Waals surface area contributed by atoms with Gasteiger partial charge in [0, 0.05) is 26.8 Å². The van der Waals surface area contributed by atoms with Crippen LogP contribution in [-0.2, 0) is 6.37 Å². The van der Waals surface area contributed by atoms with Crippen molar-refractivity contribution in [2.24, 2.45) is 11.1 Å². The molecular weight excluding hydrogens is 190 g/mol. The Balaban J connectivity index is 2.00. The number of hydrogen-bond donors (Lipinski definition) is 1. The van der Waals surface area contributed by atoms with Crippen LogP contribution in [0.25, 0.3) is 0 Å². The monoisotopic (exact) mass is 205 g/mol. The van der Waals surface area contributed by atoms with E-state index in [0.29, 0.717) is 11.3 Å². The van der Waals surface area contributed by atoms with E-state index in [1.807, 2.05) is 12.1 Å². The van der Waals surface area contributed by atoms with Crippen molar-refractivity contribution in [2.75, 3.05) is 6.61 Å². The lowest BCUT2D eigenvalue weighted by Crippen LogP contribution is -1.91. The van der Waals surface area contributed by atoms with Gasteiger partial charge in [0.2, 0.25) is 0 Å². The molecule has 0 unspecified atom stereocenters. The average Bonchev–Trinajstić information content (AvgIpc) is 2.99. The fraction of sp³-hybridized carbons (Fsp3) is 0.417. The molecule has 1 aromatic rings. The Hall–Kier alpha value is -1.51. The van der Waals surface area contributed by atoms with E-state index in [4.69, 9.17) is 12.7 Å². The molecule has 0 saturated heterocycles. The average molecular weight is 205 g/mol. The Kier molecular flexibility index (Phi) is 1.50. The number of rotatable bonds is 2. The van der Waals surface area contributed by atoms with Gasteiger partial charge in [-0.05, 0) is 24.0 Å². The first-order valence-electron chi connectivity index (χ1n) is 6.07. The molecule has 15 heavy (non-hydrogen) atoms. The number of oxime groups is 1. The summed E-state index contributed by atoms with van der Waals surface area (Å²) in [4.78, 5) is 0. The largest absolute Gasteiger partial charge is 0.493 e. The molecule has 1 heterocycles. The van der Waals surface area contributed by atoms with Crippen LogP contribution in [0.5, 0.6) is 5.75 Å². The van der Waals surface area contributed by atoms with Gasteiger partial charge in [0.25, 0.3) is 0 Å². The van der Waals surface area contributed by atoms with Crippen LogP contribution in [0.15, 0.2) is 23.4 Å². The molecule has 3 heteroatoms. The maximum absolute atomic E-state index is 8.51. The summed E-state index contributed by atoms with van der Waals surface area (Å²) < 4.78 is 21.3. The van der Waals surface area contributed by atoms with Crippen molar-refractivity contribution in [2.45, 2.75) is 18.7 Å². The van der Waals surface area contributed by atoms with Gasteiger partial charge in [-0.2, -0.15) is 0 Å². The molecule has 0 amide bonds. The van der Waals surface area contributed by atoms with Gasteiger partial charge in [0.05, 0.1) is 6.61 Å². The van der Waals surface area contributed by atoms with Crippen molar-refractivity contribution in [3.63, 3.8) is 0 Å². The normalized spacial score (nSPS) is 33.1. The molecule has 78 valence electrons. The van der Waals surface area contributed by atoms with E-state index in [2.05, 4.69) is 5.16 Å². The molecule has 0 aromatic heterocycles. The second kappa shape index (κ2) is 3.26. The zero-order valence-corrected chi connectivity index (χ0v) is 8.18. The third-order valence-electron chi connectivity index (χ3n) is 3.03. The van der Waals surface area contributed by atoms with E-state index >= 15 is 0 Å². The summed E-state index contributed by atoms with van der Waals surface area (Å²) in [6, 6.07) is 5.64. The summed E-state index contributed by atoms with van der Waals surface area (Å²) in [6.45, 7) is 0.0881. The predicted octanol–water partition coefficient (Wildman–Crippen LogP) is 2.19. The highest BCUT2D eigenvalue weighted by molar-refractivity contribution is 5.67. The van der Waals surface area contributed by atoms with Crippen LogP contribution in [0.1, 0.15) is 26.2 Å². The summed E-state index contributed by atoms with van der Waals surface area (Å²) in [5, 5.41) is 11.6. The Morgan fingerprint density at radius 3 is 3.40 bits per heavy atom. The number of ether oxygens (including phenoxy) is 1. The standard InChI is InChI=1S/C12H13NO2/c14-13-7-8-6-11(8)9-2-1-3-12-10(9)4-5-15-12/h1-3,7-8,11,14H,4-6H2/b13-7-/t8-,11+/m0/s1/i4D2. The van der Waals surface area contributed by atoms with Crippen molar-refractivity contribution in [3.05, 3.63) is 29.3 Å². The smallest absolute Gasteiger partial charge is 0.122 e. The first-order chi connectivity index (χ1) is 8.13. The zero-order chi connectivity index (χ0) is 12.0. The second-order valence-corrected chi connectivity index (χ2v) is 3.96. The Bertz CT molecular complexity index is 487. The van der Waals surface area contributed by atoms with Crippen molar-refractivity contribution in [1.29, 1.82) is 0 Å². The quantitative estimate of drug-likeness (QED) is 0.457. The van der Waals surface area contributed by atoms with Crippen molar-refractivity contribution in [3.8, 4) is 5.75 Å². The Morgan fingerprint density at radius 1 is 1.60 bits per heavy atom. The van der Waals surface area contributed by atoms with Crippen LogP contribution in [0.4, 0.5) is 0 Å². The predicted molar refractivity (Wildman–Crippen MR) is 56.8 cm³/mol. The van der Waals surface area contributed by atoms with Gasteiger partial charge in [0.1, 0.15) is 5.75 Å². The van der Waals surface area contributed by atoms with Gasteiger partial charge in [-0.1, -0.05) is 12.1 Å². The minimum atomic E-state index is -1.41.